The van der Waals surface area contributed by atoms with Crippen LogP contribution in [0.3, 0.4) is 0 Å². The van der Waals surface area contributed by atoms with E-state index in [4.69, 9.17) is 16.3 Å². The number of hydrogen-bond acceptors (Lipinski definition) is 3. The summed E-state index contributed by atoms with van der Waals surface area (Å²) in [4.78, 5) is 14.7. The van der Waals surface area contributed by atoms with E-state index >= 15 is 0 Å². The molecule has 1 aliphatic rings. The minimum absolute atomic E-state index is 0.182. The van der Waals surface area contributed by atoms with E-state index in [-0.39, 0.29) is 6.04 Å². The molecule has 1 heterocycles. The average molecular weight is 359 g/mol. The highest BCUT2D eigenvalue weighted by atomic mass is 35.5. The number of nitrogens with one attached hydrogen (secondary N) is 2. The Balaban J connectivity index is 1.61. The third-order valence-corrected chi connectivity index (χ3v) is 4.33. The summed E-state index contributed by atoms with van der Waals surface area (Å²) >= 11 is 5.95. The third kappa shape index (κ3) is 5.02. The molecule has 0 unspecified atom stereocenters. The lowest BCUT2D eigenvalue weighted by molar-refractivity contribution is 0.0473. The number of carbonyl (C=O) groups is 1. The predicted octanol–water partition coefficient (Wildman–Crippen LogP) is 3.48. The Labute approximate surface area is 151 Å². The van der Waals surface area contributed by atoms with E-state index in [1.54, 1.807) is 30.6 Å². The number of aliphatic hydroxyl groups is 1. The molecule has 3 rings (SSSR count). The number of aromatic amines is 1. The van der Waals surface area contributed by atoms with Crippen molar-refractivity contribution in [1.29, 1.82) is 0 Å². The number of benzene rings is 1. The molecule has 5 nitrogen and oxygen atoms in total. The lowest BCUT2D eigenvalue weighted by Crippen LogP contribution is -2.46. The molecule has 25 heavy (non-hydrogen) atoms. The normalized spacial score (nSPS) is 22.6. The number of amides is 1. The molecule has 0 spiro atoms. The number of aromatic nitrogens is 1. The second-order valence-electron chi connectivity index (χ2n) is 6.17. The molecule has 1 aromatic carbocycles. The average Bonchev–Trinajstić information content (AvgIpc) is 3.06. The van der Waals surface area contributed by atoms with Crippen LogP contribution in [0.4, 0.5) is 4.79 Å². The highest BCUT2D eigenvalue weighted by Gasteiger charge is 2.33. The van der Waals surface area contributed by atoms with E-state index in [1.807, 2.05) is 12.1 Å². The molecular formula is C19H19ClN2O3. The van der Waals surface area contributed by atoms with E-state index in [0.29, 0.717) is 23.6 Å². The van der Waals surface area contributed by atoms with E-state index in [0.717, 1.165) is 18.4 Å². The van der Waals surface area contributed by atoms with Crippen LogP contribution in [0.2, 0.25) is 5.02 Å². The first kappa shape index (κ1) is 17.4. The van der Waals surface area contributed by atoms with Gasteiger partial charge in [-0.2, -0.15) is 0 Å². The number of rotatable bonds is 2. The molecule has 1 amide bonds. The van der Waals surface area contributed by atoms with Crippen LogP contribution < -0.4 is 10.1 Å². The summed E-state index contributed by atoms with van der Waals surface area (Å²) < 4.78 is 5.15. The monoisotopic (exact) mass is 358 g/mol. The second-order valence-corrected chi connectivity index (χ2v) is 6.60. The molecule has 130 valence electrons. The zero-order valence-corrected chi connectivity index (χ0v) is 14.3. The molecule has 2 atom stereocenters. The first-order valence-electron chi connectivity index (χ1n) is 8.15. The highest BCUT2D eigenvalue weighted by molar-refractivity contribution is 6.30. The van der Waals surface area contributed by atoms with Crippen molar-refractivity contribution in [2.45, 2.75) is 37.3 Å². The van der Waals surface area contributed by atoms with Gasteiger partial charge in [-0.3, -0.25) is 0 Å². The molecule has 0 saturated heterocycles. The maximum absolute atomic E-state index is 11.9. The summed E-state index contributed by atoms with van der Waals surface area (Å²) in [5.74, 6) is 6.36. The summed E-state index contributed by atoms with van der Waals surface area (Å²) in [7, 11) is 0. The van der Waals surface area contributed by atoms with Gasteiger partial charge >= 0.3 is 6.09 Å². The van der Waals surface area contributed by atoms with Gasteiger partial charge in [-0.1, -0.05) is 29.5 Å². The Kier molecular flexibility index (Phi) is 5.32. The van der Waals surface area contributed by atoms with Gasteiger partial charge in [0.15, 0.2) is 0 Å². The van der Waals surface area contributed by atoms with Gasteiger partial charge in [0.1, 0.15) is 11.4 Å². The third-order valence-electron chi connectivity index (χ3n) is 4.09. The molecule has 3 N–H and O–H groups in total. The Bertz CT molecular complexity index is 794. The van der Waals surface area contributed by atoms with Gasteiger partial charge in [-0.15, -0.1) is 0 Å². The largest absolute Gasteiger partial charge is 0.412 e. The summed E-state index contributed by atoms with van der Waals surface area (Å²) in [6, 6.07) is 8.67. The highest BCUT2D eigenvalue weighted by Crippen LogP contribution is 2.28. The Morgan fingerprint density at radius 1 is 1.44 bits per heavy atom. The number of halogens is 1. The van der Waals surface area contributed by atoms with Crippen molar-refractivity contribution in [3.63, 3.8) is 0 Å². The van der Waals surface area contributed by atoms with Crippen molar-refractivity contribution in [2.75, 3.05) is 0 Å². The van der Waals surface area contributed by atoms with Gasteiger partial charge < -0.3 is 20.1 Å². The maximum Gasteiger partial charge on any atom is 0.412 e. The van der Waals surface area contributed by atoms with Crippen molar-refractivity contribution in [1.82, 2.24) is 10.3 Å². The van der Waals surface area contributed by atoms with Gasteiger partial charge in [0.2, 0.25) is 0 Å². The summed E-state index contributed by atoms with van der Waals surface area (Å²) in [5.41, 5.74) is -0.380. The second kappa shape index (κ2) is 7.64. The SMILES string of the molecule is O=C(N[C@H]1CCC[C@@](O)(C#Cc2cccc(Cl)c2)C1)Oc1cc[nH]c1. The maximum atomic E-state index is 11.9. The van der Waals surface area contributed by atoms with E-state index in [2.05, 4.69) is 22.1 Å². The van der Waals surface area contributed by atoms with E-state index in [9.17, 15) is 9.90 Å². The zero-order chi connectivity index (χ0) is 17.7. The van der Waals surface area contributed by atoms with Crippen LogP contribution in [0.5, 0.6) is 5.75 Å². The van der Waals surface area contributed by atoms with Gasteiger partial charge in [0.05, 0.1) is 0 Å². The van der Waals surface area contributed by atoms with Gasteiger partial charge in [0, 0.05) is 35.4 Å². The van der Waals surface area contributed by atoms with E-state index < -0.39 is 11.7 Å². The number of ether oxygens (including phenoxy) is 1. The quantitative estimate of drug-likeness (QED) is 0.719. The first-order chi connectivity index (χ1) is 12.0. The van der Waals surface area contributed by atoms with Crippen LogP contribution in [-0.4, -0.2) is 27.8 Å². The lowest BCUT2D eigenvalue weighted by atomic mass is 9.82. The fraction of sp³-hybridized carbons (Fsp3) is 0.316. The van der Waals surface area contributed by atoms with Crippen molar-refractivity contribution in [2.24, 2.45) is 0 Å². The van der Waals surface area contributed by atoms with Crippen molar-refractivity contribution < 1.29 is 14.6 Å². The lowest BCUT2D eigenvalue weighted by Gasteiger charge is -2.33. The van der Waals surface area contributed by atoms with Crippen molar-refractivity contribution >= 4 is 17.7 Å². The standard InChI is InChI=1S/C19H19ClN2O3/c20-15-4-1-3-14(11-15)6-9-19(24)8-2-5-16(12-19)22-18(23)25-17-7-10-21-13-17/h1,3-4,7,10-11,13,16,21,24H,2,5,8,12H2,(H,22,23)/t16-,19+/m0/s1. The van der Waals surface area contributed by atoms with Gasteiger partial charge in [-0.05, 0) is 43.5 Å². The first-order valence-corrected chi connectivity index (χ1v) is 8.52. The number of carbonyl (C=O) groups excluding carboxylic acids is 1. The summed E-state index contributed by atoms with van der Waals surface area (Å²) in [5, 5.41) is 14.1. The topological polar surface area (TPSA) is 74.3 Å². The van der Waals surface area contributed by atoms with Crippen molar-refractivity contribution in [3.8, 4) is 17.6 Å². The summed E-state index contributed by atoms with van der Waals surface area (Å²) in [6.07, 6.45) is 5.23. The van der Waals surface area contributed by atoms with Gasteiger partial charge in [-0.25, -0.2) is 4.79 Å². The van der Waals surface area contributed by atoms with Crippen LogP contribution in [-0.2, 0) is 0 Å². The molecular weight excluding hydrogens is 340 g/mol. The molecule has 1 aliphatic carbocycles. The molecule has 0 radical (unpaired) electrons. The van der Waals surface area contributed by atoms with Gasteiger partial charge in [0.25, 0.3) is 0 Å². The fourth-order valence-electron chi connectivity index (χ4n) is 2.92. The molecule has 2 aromatic rings. The Morgan fingerprint density at radius 2 is 2.32 bits per heavy atom. The Morgan fingerprint density at radius 3 is 3.08 bits per heavy atom. The summed E-state index contributed by atoms with van der Waals surface area (Å²) in [6.45, 7) is 0. The fourth-order valence-corrected chi connectivity index (χ4v) is 3.11. The van der Waals surface area contributed by atoms with Crippen LogP contribution in [0.15, 0.2) is 42.7 Å². The molecule has 1 aromatic heterocycles. The minimum atomic E-state index is -1.13. The van der Waals surface area contributed by atoms with E-state index in [1.165, 1.54) is 0 Å². The predicted molar refractivity (Wildman–Crippen MR) is 95.5 cm³/mol. The zero-order valence-electron chi connectivity index (χ0n) is 13.6. The Hall–Kier alpha value is -2.42. The van der Waals surface area contributed by atoms with Crippen LogP contribution in [0.25, 0.3) is 0 Å². The van der Waals surface area contributed by atoms with Crippen LogP contribution in [0, 0.1) is 11.8 Å². The number of H-pyrrole nitrogens is 1. The molecule has 0 aliphatic heterocycles. The molecule has 6 heteroatoms. The molecule has 1 fully saturated rings. The van der Waals surface area contributed by atoms with Crippen molar-refractivity contribution in [3.05, 3.63) is 53.3 Å². The minimum Gasteiger partial charge on any atom is -0.409 e. The molecule has 0 bridgehead atoms. The van der Waals surface area contributed by atoms with Crippen LogP contribution in [0.1, 0.15) is 31.2 Å². The van der Waals surface area contributed by atoms with Crippen LogP contribution >= 0.6 is 11.6 Å². The smallest absolute Gasteiger partial charge is 0.409 e. The number of hydrogen-bond donors (Lipinski definition) is 3. The molecule has 1 saturated carbocycles.